The maximum atomic E-state index is 6.41. The van der Waals surface area contributed by atoms with Gasteiger partial charge in [0.2, 0.25) is 5.88 Å². The molecule has 2 aromatic heterocycles. The zero-order chi connectivity index (χ0) is 22.6. The van der Waals surface area contributed by atoms with Crippen LogP contribution in [-0.4, -0.2) is 34.0 Å². The van der Waals surface area contributed by atoms with E-state index < -0.39 is 0 Å². The average molecular weight is 440 g/mol. The van der Waals surface area contributed by atoms with Crippen LogP contribution in [0, 0.1) is 6.92 Å². The Morgan fingerprint density at radius 1 is 1.09 bits per heavy atom. The predicted molar refractivity (Wildman–Crippen MR) is 131 cm³/mol. The standard InChI is InChI=1S/C27H29N5O/c1-19-8-6-7-9-20(19)12-13-28-26(21-10-4-3-5-11-21)25-17-29-24-14-22(15-30-27(24)33-25)23-16-31-32(2)18-23/h3-11,14-16,18,25-26,28-29H,12-13,17H2,1-2H3/t25-,26+/m0/s1. The third-order valence-electron chi connectivity index (χ3n) is 6.20. The molecular formula is C27H29N5O. The summed E-state index contributed by atoms with van der Waals surface area (Å²) in [6, 6.07) is 21.2. The van der Waals surface area contributed by atoms with E-state index >= 15 is 0 Å². The lowest BCUT2D eigenvalue weighted by Gasteiger charge is -2.33. The molecule has 0 spiro atoms. The Morgan fingerprint density at radius 3 is 2.70 bits per heavy atom. The first-order chi connectivity index (χ1) is 16.2. The van der Waals surface area contributed by atoms with Crippen LogP contribution in [0.3, 0.4) is 0 Å². The Bertz CT molecular complexity index is 1220. The fraction of sp³-hybridized carbons (Fsp3) is 0.259. The van der Waals surface area contributed by atoms with Crippen molar-refractivity contribution in [3.63, 3.8) is 0 Å². The first-order valence-corrected chi connectivity index (χ1v) is 11.4. The summed E-state index contributed by atoms with van der Waals surface area (Å²) in [7, 11) is 1.91. The Labute approximate surface area is 194 Å². The summed E-state index contributed by atoms with van der Waals surface area (Å²) in [5.41, 5.74) is 6.89. The van der Waals surface area contributed by atoms with Gasteiger partial charge < -0.3 is 15.4 Å². The first-order valence-electron chi connectivity index (χ1n) is 11.4. The molecule has 1 aliphatic rings. The fourth-order valence-corrected chi connectivity index (χ4v) is 4.36. The molecular weight excluding hydrogens is 410 g/mol. The van der Waals surface area contributed by atoms with Crippen molar-refractivity contribution in [2.24, 2.45) is 7.05 Å². The Balaban J connectivity index is 1.33. The summed E-state index contributed by atoms with van der Waals surface area (Å²) in [5, 5.41) is 11.5. The van der Waals surface area contributed by atoms with Gasteiger partial charge in [-0.3, -0.25) is 4.68 Å². The number of ether oxygens (including phenoxy) is 1. The number of fused-ring (bicyclic) bond motifs is 1. The molecule has 3 heterocycles. The number of nitrogens with one attached hydrogen (secondary N) is 2. The number of hydrogen-bond donors (Lipinski definition) is 2. The van der Waals surface area contributed by atoms with Crippen LogP contribution in [0.5, 0.6) is 5.88 Å². The predicted octanol–water partition coefficient (Wildman–Crippen LogP) is 4.54. The maximum absolute atomic E-state index is 6.41. The molecule has 6 nitrogen and oxygen atoms in total. The number of aromatic nitrogens is 3. The van der Waals surface area contributed by atoms with Crippen LogP contribution in [0.4, 0.5) is 5.69 Å². The lowest BCUT2D eigenvalue weighted by Crippen LogP contribution is -2.43. The number of pyridine rings is 1. The van der Waals surface area contributed by atoms with Crippen molar-refractivity contribution in [3.05, 3.63) is 95.9 Å². The lowest BCUT2D eigenvalue weighted by atomic mass is 9.99. The average Bonchev–Trinajstić information content (AvgIpc) is 3.29. The van der Waals surface area contributed by atoms with Crippen molar-refractivity contribution in [2.75, 3.05) is 18.4 Å². The highest BCUT2D eigenvalue weighted by Gasteiger charge is 2.29. The van der Waals surface area contributed by atoms with E-state index in [1.807, 2.05) is 31.7 Å². The SMILES string of the molecule is Cc1ccccc1CCN[C@H](c1ccccc1)[C@@H]1CNc2cc(-c3cnn(C)c3)cnc2O1. The van der Waals surface area contributed by atoms with Gasteiger partial charge in [0.25, 0.3) is 0 Å². The van der Waals surface area contributed by atoms with Crippen LogP contribution >= 0.6 is 0 Å². The molecule has 0 aliphatic carbocycles. The van der Waals surface area contributed by atoms with E-state index in [4.69, 9.17) is 4.74 Å². The first kappa shape index (κ1) is 21.2. The smallest absolute Gasteiger partial charge is 0.237 e. The molecule has 2 atom stereocenters. The van der Waals surface area contributed by atoms with Crippen molar-refractivity contribution in [1.29, 1.82) is 0 Å². The molecule has 5 rings (SSSR count). The van der Waals surface area contributed by atoms with Crippen molar-refractivity contribution >= 4 is 5.69 Å². The molecule has 168 valence electrons. The number of anilines is 1. The van der Waals surface area contributed by atoms with E-state index in [9.17, 15) is 0 Å². The van der Waals surface area contributed by atoms with Crippen molar-refractivity contribution < 1.29 is 4.74 Å². The van der Waals surface area contributed by atoms with Gasteiger partial charge in [-0.05, 0) is 42.6 Å². The van der Waals surface area contributed by atoms with Gasteiger partial charge in [-0.1, -0.05) is 54.6 Å². The Morgan fingerprint density at radius 2 is 1.91 bits per heavy atom. The molecule has 0 unspecified atom stereocenters. The topological polar surface area (TPSA) is 64.0 Å². The molecule has 2 N–H and O–H groups in total. The second-order valence-corrected chi connectivity index (χ2v) is 8.54. The van der Waals surface area contributed by atoms with Crippen LogP contribution in [0.15, 0.2) is 79.3 Å². The van der Waals surface area contributed by atoms with E-state index in [2.05, 4.69) is 82.2 Å². The second kappa shape index (κ2) is 9.46. The van der Waals surface area contributed by atoms with Gasteiger partial charge in [-0.25, -0.2) is 4.98 Å². The minimum atomic E-state index is -0.0755. The summed E-state index contributed by atoms with van der Waals surface area (Å²) in [4.78, 5) is 4.62. The van der Waals surface area contributed by atoms with Crippen LogP contribution in [-0.2, 0) is 13.5 Å². The van der Waals surface area contributed by atoms with E-state index in [1.165, 1.54) is 16.7 Å². The van der Waals surface area contributed by atoms with Crippen molar-refractivity contribution in [3.8, 4) is 17.0 Å². The highest BCUT2D eigenvalue weighted by Crippen LogP contribution is 2.34. The molecule has 0 saturated carbocycles. The fourth-order valence-electron chi connectivity index (χ4n) is 4.36. The van der Waals surface area contributed by atoms with Gasteiger partial charge in [0.15, 0.2) is 0 Å². The summed E-state index contributed by atoms with van der Waals surface area (Å²) in [6.07, 6.45) is 6.58. The minimum absolute atomic E-state index is 0.0515. The molecule has 2 aromatic carbocycles. The minimum Gasteiger partial charge on any atom is -0.469 e. The number of aryl methyl sites for hydroxylation is 2. The number of rotatable bonds is 7. The Kier molecular flexibility index (Phi) is 6.09. The van der Waals surface area contributed by atoms with E-state index in [0.29, 0.717) is 12.4 Å². The molecule has 33 heavy (non-hydrogen) atoms. The van der Waals surface area contributed by atoms with Gasteiger partial charge in [-0.2, -0.15) is 5.10 Å². The van der Waals surface area contributed by atoms with Crippen LogP contribution in [0.25, 0.3) is 11.1 Å². The van der Waals surface area contributed by atoms with Crippen molar-refractivity contribution in [2.45, 2.75) is 25.5 Å². The summed E-state index contributed by atoms with van der Waals surface area (Å²) >= 11 is 0. The molecule has 0 bridgehead atoms. The van der Waals surface area contributed by atoms with Crippen LogP contribution < -0.4 is 15.4 Å². The maximum Gasteiger partial charge on any atom is 0.237 e. The molecule has 6 heteroatoms. The zero-order valence-electron chi connectivity index (χ0n) is 19.0. The highest BCUT2D eigenvalue weighted by molar-refractivity contribution is 5.69. The molecule has 0 fully saturated rings. The summed E-state index contributed by atoms with van der Waals surface area (Å²) < 4.78 is 8.21. The van der Waals surface area contributed by atoms with Gasteiger partial charge in [0.1, 0.15) is 6.10 Å². The normalized spacial score (nSPS) is 15.9. The van der Waals surface area contributed by atoms with E-state index in [-0.39, 0.29) is 12.1 Å². The number of benzene rings is 2. The summed E-state index contributed by atoms with van der Waals surface area (Å²) in [5.74, 6) is 0.639. The van der Waals surface area contributed by atoms with Crippen molar-refractivity contribution in [1.82, 2.24) is 20.1 Å². The van der Waals surface area contributed by atoms with Crippen LogP contribution in [0.1, 0.15) is 22.7 Å². The molecule has 4 aromatic rings. The van der Waals surface area contributed by atoms with Crippen LogP contribution in [0.2, 0.25) is 0 Å². The molecule has 0 radical (unpaired) electrons. The quantitative estimate of drug-likeness (QED) is 0.443. The van der Waals surface area contributed by atoms with E-state index in [1.54, 1.807) is 4.68 Å². The molecule has 0 saturated heterocycles. The molecule has 0 amide bonds. The van der Waals surface area contributed by atoms with Gasteiger partial charge >= 0.3 is 0 Å². The second-order valence-electron chi connectivity index (χ2n) is 8.54. The zero-order valence-corrected chi connectivity index (χ0v) is 19.0. The number of hydrogen-bond acceptors (Lipinski definition) is 5. The Hall–Kier alpha value is -3.64. The monoisotopic (exact) mass is 439 g/mol. The van der Waals surface area contributed by atoms with Gasteiger partial charge in [0, 0.05) is 30.6 Å². The van der Waals surface area contributed by atoms with Gasteiger partial charge in [0.05, 0.1) is 24.5 Å². The third kappa shape index (κ3) is 4.76. The van der Waals surface area contributed by atoms with E-state index in [0.717, 1.165) is 29.8 Å². The summed E-state index contributed by atoms with van der Waals surface area (Å²) in [6.45, 7) is 3.73. The highest BCUT2D eigenvalue weighted by atomic mass is 16.5. The number of nitrogens with zero attached hydrogens (tertiary/aromatic N) is 3. The lowest BCUT2D eigenvalue weighted by molar-refractivity contribution is 0.150. The largest absolute Gasteiger partial charge is 0.469 e. The van der Waals surface area contributed by atoms with Gasteiger partial charge in [-0.15, -0.1) is 0 Å². The molecule has 1 aliphatic heterocycles. The third-order valence-corrected chi connectivity index (χ3v) is 6.20.